The molecule has 0 radical (unpaired) electrons. The van der Waals surface area contributed by atoms with Crippen LogP contribution in [0.5, 0.6) is 0 Å². The fourth-order valence-corrected chi connectivity index (χ4v) is 2.64. The molecule has 20 heavy (non-hydrogen) atoms. The molecule has 1 aliphatic carbocycles. The fraction of sp³-hybridized carbons (Fsp3) is 0.188. The quantitative estimate of drug-likeness (QED) is 0.294. The predicted molar refractivity (Wildman–Crippen MR) is 81.2 cm³/mol. The van der Waals surface area contributed by atoms with Crippen molar-refractivity contribution in [2.75, 3.05) is 11.9 Å². The molecule has 2 aromatic rings. The minimum atomic E-state index is 0.242. The van der Waals surface area contributed by atoms with Gasteiger partial charge in [0.25, 0.3) is 0 Å². The van der Waals surface area contributed by atoms with Gasteiger partial charge < -0.3 is 16.3 Å². The zero-order chi connectivity index (χ0) is 13.9. The van der Waals surface area contributed by atoms with Crippen molar-refractivity contribution in [2.45, 2.75) is 12.8 Å². The van der Waals surface area contributed by atoms with Gasteiger partial charge in [0.1, 0.15) is 5.84 Å². The van der Waals surface area contributed by atoms with E-state index in [1.54, 1.807) is 0 Å². The van der Waals surface area contributed by atoms with E-state index in [0.29, 0.717) is 13.0 Å². The van der Waals surface area contributed by atoms with E-state index in [-0.39, 0.29) is 5.84 Å². The minimum absolute atomic E-state index is 0.242. The molecular formula is C16H17N3O. The first-order chi connectivity index (χ1) is 9.78. The highest BCUT2D eigenvalue weighted by Crippen LogP contribution is 2.37. The third-order valence-electron chi connectivity index (χ3n) is 3.63. The molecule has 4 heteroatoms. The molecule has 0 amide bonds. The van der Waals surface area contributed by atoms with Gasteiger partial charge in [-0.05, 0) is 40.8 Å². The van der Waals surface area contributed by atoms with Crippen LogP contribution in [0, 0.1) is 0 Å². The average molecular weight is 267 g/mol. The Kier molecular flexibility index (Phi) is 3.29. The Hall–Kier alpha value is -2.49. The Labute approximate surface area is 117 Å². The van der Waals surface area contributed by atoms with Gasteiger partial charge in [-0.2, -0.15) is 0 Å². The zero-order valence-electron chi connectivity index (χ0n) is 11.1. The van der Waals surface area contributed by atoms with Crippen molar-refractivity contribution >= 4 is 11.5 Å². The Morgan fingerprint density at radius 2 is 1.95 bits per heavy atom. The molecule has 4 N–H and O–H groups in total. The number of oxime groups is 1. The summed E-state index contributed by atoms with van der Waals surface area (Å²) in [6, 6.07) is 14.9. The number of rotatable bonds is 4. The normalized spacial score (nSPS) is 12.9. The SMILES string of the molecule is NC(CCNc1ccc2c(c1)Cc1ccccc1-2)=NO. The number of nitrogens with zero attached hydrogens (tertiary/aromatic N) is 1. The summed E-state index contributed by atoms with van der Waals surface area (Å²) in [7, 11) is 0. The maximum atomic E-state index is 8.49. The molecule has 0 bridgehead atoms. The van der Waals surface area contributed by atoms with Gasteiger partial charge in [-0.3, -0.25) is 0 Å². The minimum Gasteiger partial charge on any atom is -0.409 e. The zero-order valence-corrected chi connectivity index (χ0v) is 11.1. The van der Waals surface area contributed by atoms with E-state index in [2.05, 4.69) is 52.9 Å². The van der Waals surface area contributed by atoms with Crippen molar-refractivity contribution in [1.29, 1.82) is 0 Å². The number of hydrogen-bond donors (Lipinski definition) is 3. The number of nitrogens with two attached hydrogens (primary N) is 1. The molecule has 0 spiro atoms. The maximum absolute atomic E-state index is 8.49. The molecule has 0 saturated carbocycles. The number of hydrogen-bond acceptors (Lipinski definition) is 3. The number of anilines is 1. The molecule has 0 aromatic heterocycles. The lowest BCUT2D eigenvalue weighted by Crippen LogP contribution is -2.16. The first kappa shape index (κ1) is 12.5. The van der Waals surface area contributed by atoms with Crippen LogP contribution in [-0.2, 0) is 6.42 Å². The summed E-state index contributed by atoms with van der Waals surface area (Å²) in [6.07, 6.45) is 1.51. The highest BCUT2D eigenvalue weighted by Gasteiger charge is 2.17. The average Bonchev–Trinajstić information content (AvgIpc) is 2.84. The summed E-state index contributed by atoms with van der Waals surface area (Å²) in [6.45, 7) is 0.654. The molecule has 2 aromatic carbocycles. The Balaban J connectivity index is 1.74. The maximum Gasteiger partial charge on any atom is 0.140 e. The van der Waals surface area contributed by atoms with Gasteiger partial charge in [-0.25, -0.2) is 0 Å². The Bertz CT molecular complexity index is 665. The Morgan fingerprint density at radius 3 is 2.80 bits per heavy atom. The van der Waals surface area contributed by atoms with Crippen LogP contribution in [0.2, 0.25) is 0 Å². The van der Waals surface area contributed by atoms with Gasteiger partial charge in [0, 0.05) is 18.7 Å². The van der Waals surface area contributed by atoms with Crippen molar-refractivity contribution < 1.29 is 5.21 Å². The monoisotopic (exact) mass is 267 g/mol. The first-order valence-corrected chi connectivity index (χ1v) is 6.69. The summed E-state index contributed by atoms with van der Waals surface area (Å²) in [5, 5.41) is 14.7. The summed E-state index contributed by atoms with van der Waals surface area (Å²) < 4.78 is 0. The van der Waals surface area contributed by atoms with Crippen molar-refractivity contribution in [3.8, 4) is 11.1 Å². The van der Waals surface area contributed by atoms with Gasteiger partial charge in [0.2, 0.25) is 0 Å². The molecule has 4 nitrogen and oxygen atoms in total. The molecule has 0 fully saturated rings. The van der Waals surface area contributed by atoms with Gasteiger partial charge >= 0.3 is 0 Å². The molecule has 102 valence electrons. The van der Waals surface area contributed by atoms with Gasteiger partial charge in [-0.15, -0.1) is 0 Å². The van der Waals surface area contributed by atoms with Crippen molar-refractivity contribution in [3.05, 3.63) is 53.6 Å². The van der Waals surface area contributed by atoms with Crippen molar-refractivity contribution in [2.24, 2.45) is 10.9 Å². The van der Waals surface area contributed by atoms with Crippen LogP contribution in [-0.4, -0.2) is 17.6 Å². The fourth-order valence-electron chi connectivity index (χ4n) is 2.64. The van der Waals surface area contributed by atoms with Crippen LogP contribution >= 0.6 is 0 Å². The molecule has 0 atom stereocenters. The molecule has 0 aliphatic heterocycles. The van der Waals surface area contributed by atoms with E-state index in [1.165, 1.54) is 22.3 Å². The summed E-state index contributed by atoms with van der Waals surface area (Å²) >= 11 is 0. The molecule has 0 heterocycles. The van der Waals surface area contributed by atoms with E-state index >= 15 is 0 Å². The van der Waals surface area contributed by atoms with E-state index in [1.807, 2.05) is 0 Å². The van der Waals surface area contributed by atoms with Crippen LogP contribution in [0.15, 0.2) is 47.6 Å². The highest BCUT2D eigenvalue weighted by atomic mass is 16.4. The van der Waals surface area contributed by atoms with Crippen LogP contribution in [0.1, 0.15) is 17.5 Å². The second-order valence-corrected chi connectivity index (χ2v) is 4.97. The van der Waals surface area contributed by atoms with Gasteiger partial charge in [0.05, 0.1) is 0 Å². The molecule has 1 aliphatic rings. The van der Waals surface area contributed by atoms with E-state index in [9.17, 15) is 0 Å². The van der Waals surface area contributed by atoms with Crippen LogP contribution in [0.4, 0.5) is 5.69 Å². The smallest absolute Gasteiger partial charge is 0.140 e. The molecule has 0 unspecified atom stereocenters. The number of benzene rings is 2. The predicted octanol–water partition coefficient (Wildman–Crippen LogP) is 2.81. The van der Waals surface area contributed by atoms with Crippen LogP contribution in [0.25, 0.3) is 11.1 Å². The van der Waals surface area contributed by atoms with Crippen molar-refractivity contribution in [1.82, 2.24) is 0 Å². The summed E-state index contributed by atoms with van der Waals surface area (Å²) in [4.78, 5) is 0. The second kappa shape index (κ2) is 5.25. The number of nitrogens with one attached hydrogen (secondary N) is 1. The summed E-state index contributed by atoms with van der Waals surface area (Å²) in [5.74, 6) is 0.242. The highest BCUT2D eigenvalue weighted by molar-refractivity contribution is 5.80. The Morgan fingerprint density at radius 1 is 1.15 bits per heavy atom. The standard InChI is InChI=1S/C16H17N3O/c17-16(19-20)7-8-18-13-5-6-15-12(10-13)9-11-3-1-2-4-14(11)15/h1-6,10,18,20H,7-9H2,(H2,17,19). The molecular weight excluding hydrogens is 250 g/mol. The van der Waals surface area contributed by atoms with E-state index in [0.717, 1.165) is 12.1 Å². The lowest BCUT2D eigenvalue weighted by atomic mass is 10.1. The molecule has 3 rings (SSSR count). The van der Waals surface area contributed by atoms with Gasteiger partial charge in [-0.1, -0.05) is 35.5 Å². The van der Waals surface area contributed by atoms with Gasteiger partial charge in [0.15, 0.2) is 0 Å². The first-order valence-electron chi connectivity index (χ1n) is 6.69. The van der Waals surface area contributed by atoms with E-state index < -0.39 is 0 Å². The lowest BCUT2D eigenvalue weighted by Gasteiger charge is -2.08. The topological polar surface area (TPSA) is 70.6 Å². The van der Waals surface area contributed by atoms with E-state index in [4.69, 9.17) is 10.9 Å². The second-order valence-electron chi connectivity index (χ2n) is 4.97. The number of fused-ring (bicyclic) bond motifs is 3. The third-order valence-corrected chi connectivity index (χ3v) is 3.63. The van der Waals surface area contributed by atoms with Crippen LogP contribution < -0.4 is 11.1 Å². The van der Waals surface area contributed by atoms with Crippen molar-refractivity contribution in [3.63, 3.8) is 0 Å². The van der Waals surface area contributed by atoms with Crippen LogP contribution in [0.3, 0.4) is 0 Å². The number of amidine groups is 1. The third kappa shape index (κ3) is 2.32. The lowest BCUT2D eigenvalue weighted by molar-refractivity contribution is 0.317. The largest absolute Gasteiger partial charge is 0.409 e. The molecule has 0 saturated heterocycles. The summed E-state index contributed by atoms with van der Waals surface area (Å²) in [5.41, 5.74) is 11.9.